The first-order chi connectivity index (χ1) is 6.77. The van der Waals surface area contributed by atoms with Crippen LogP contribution in [-0.2, 0) is 0 Å². The molecule has 0 radical (unpaired) electrons. The second kappa shape index (κ2) is 4.77. The van der Waals surface area contributed by atoms with Gasteiger partial charge in [0, 0.05) is 15.0 Å². The van der Waals surface area contributed by atoms with E-state index in [1.54, 1.807) is 0 Å². The van der Waals surface area contributed by atoms with E-state index in [0.29, 0.717) is 6.04 Å². The van der Waals surface area contributed by atoms with Crippen LogP contribution < -0.4 is 5.32 Å². The molecule has 1 atom stereocenters. The van der Waals surface area contributed by atoms with Crippen molar-refractivity contribution in [1.29, 1.82) is 0 Å². The number of hydrogen-bond acceptors (Lipinski definition) is 1. The third-order valence-corrected chi connectivity index (χ3v) is 3.86. The predicted molar refractivity (Wildman–Crippen MR) is 66.4 cm³/mol. The van der Waals surface area contributed by atoms with E-state index in [2.05, 4.69) is 55.4 Å². The minimum Gasteiger partial charge on any atom is -0.310 e. The number of nitrogens with one attached hydrogen (secondary N) is 1. The topological polar surface area (TPSA) is 12.0 Å². The zero-order valence-corrected chi connectivity index (χ0v) is 11.1. The van der Waals surface area contributed by atoms with Crippen LogP contribution in [0.2, 0.25) is 0 Å². The number of benzene rings is 1. The van der Waals surface area contributed by atoms with Crippen LogP contribution in [0.4, 0.5) is 0 Å². The first-order valence-corrected chi connectivity index (χ1v) is 6.54. The van der Waals surface area contributed by atoms with E-state index in [4.69, 9.17) is 0 Å². The first-order valence-electron chi connectivity index (χ1n) is 4.96. The Labute approximate surface area is 102 Å². The molecule has 0 saturated carbocycles. The fraction of sp³-hybridized carbons (Fsp3) is 0.455. The quantitative estimate of drug-likeness (QED) is 0.824. The van der Waals surface area contributed by atoms with Gasteiger partial charge in [0.05, 0.1) is 0 Å². The van der Waals surface area contributed by atoms with Crippen LogP contribution in [0.15, 0.2) is 27.1 Å². The first kappa shape index (κ1) is 10.7. The van der Waals surface area contributed by atoms with Crippen molar-refractivity contribution < 1.29 is 0 Å². The second-order valence-corrected chi connectivity index (χ2v) is 5.44. The van der Waals surface area contributed by atoms with Crippen molar-refractivity contribution in [2.45, 2.75) is 25.3 Å². The van der Waals surface area contributed by atoms with Crippen molar-refractivity contribution in [3.8, 4) is 0 Å². The molecule has 0 bridgehead atoms. The lowest BCUT2D eigenvalue weighted by Crippen LogP contribution is -2.27. The zero-order valence-electron chi connectivity index (χ0n) is 7.89. The number of piperidine rings is 1. The molecule has 0 aromatic heterocycles. The molecule has 1 aliphatic rings. The number of hydrogen-bond donors (Lipinski definition) is 1. The van der Waals surface area contributed by atoms with Crippen molar-refractivity contribution in [1.82, 2.24) is 5.32 Å². The molecule has 3 heteroatoms. The Kier molecular flexibility index (Phi) is 3.63. The van der Waals surface area contributed by atoms with Crippen LogP contribution in [0, 0.1) is 0 Å². The lowest BCUT2D eigenvalue weighted by atomic mass is 9.98. The molecular weight excluding hydrogens is 306 g/mol. The summed E-state index contributed by atoms with van der Waals surface area (Å²) >= 11 is 7.12. The molecule has 1 nitrogen and oxygen atoms in total. The Balaban J connectivity index is 2.24. The molecule has 0 amide bonds. The summed E-state index contributed by atoms with van der Waals surface area (Å²) in [5.74, 6) is 0. The van der Waals surface area contributed by atoms with Gasteiger partial charge in [-0.2, -0.15) is 0 Å². The van der Waals surface area contributed by atoms with Crippen molar-refractivity contribution in [2.75, 3.05) is 6.54 Å². The van der Waals surface area contributed by atoms with Crippen molar-refractivity contribution in [3.63, 3.8) is 0 Å². The summed E-state index contributed by atoms with van der Waals surface area (Å²) < 4.78 is 2.36. The van der Waals surface area contributed by atoms with E-state index in [-0.39, 0.29) is 0 Å². The third-order valence-electron chi connectivity index (χ3n) is 2.64. The predicted octanol–water partition coefficient (Wildman–Crippen LogP) is 4.03. The number of rotatable bonds is 1. The lowest BCUT2D eigenvalue weighted by Gasteiger charge is -2.24. The van der Waals surface area contributed by atoms with E-state index < -0.39 is 0 Å². The molecule has 2 rings (SSSR count). The minimum atomic E-state index is 0.524. The van der Waals surface area contributed by atoms with E-state index in [1.807, 2.05) is 0 Å². The molecule has 14 heavy (non-hydrogen) atoms. The summed E-state index contributed by atoms with van der Waals surface area (Å²) in [6.07, 6.45) is 3.88. The summed E-state index contributed by atoms with van der Waals surface area (Å²) in [5, 5.41) is 3.55. The lowest BCUT2D eigenvalue weighted by molar-refractivity contribution is 0.411. The highest BCUT2D eigenvalue weighted by molar-refractivity contribution is 9.11. The largest absolute Gasteiger partial charge is 0.310 e. The molecule has 1 saturated heterocycles. The summed E-state index contributed by atoms with van der Waals surface area (Å²) in [4.78, 5) is 0. The molecule has 0 aliphatic carbocycles. The maximum atomic E-state index is 3.61. The molecule has 1 aromatic rings. The Bertz CT molecular complexity index is 319. The fourth-order valence-corrected chi connectivity index (χ4v) is 2.80. The smallest absolute Gasteiger partial charge is 0.0331 e. The van der Waals surface area contributed by atoms with Gasteiger partial charge in [-0.05, 0) is 43.1 Å². The second-order valence-electron chi connectivity index (χ2n) is 3.67. The average Bonchev–Trinajstić information content (AvgIpc) is 2.23. The van der Waals surface area contributed by atoms with Crippen molar-refractivity contribution in [2.24, 2.45) is 0 Å². The van der Waals surface area contributed by atoms with Gasteiger partial charge in [0.25, 0.3) is 0 Å². The fourth-order valence-electron chi connectivity index (χ4n) is 1.90. The van der Waals surface area contributed by atoms with Gasteiger partial charge in [-0.25, -0.2) is 0 Å². The van der Waals surface area contributed by atoms with Gasteiger partial charge in [-0.1, -0.05) is 38.3 Å². The van der Waals surface area contributed by atoms with Crippen LogP contribution in [0.25, 0.3) is 0 Å². The summed E-state index contributed by atoms with van der Waals surface area (Å²) in [6.45, 7) is 1.14. The highest BCUT2D eigenvalue weighted by Crippen LogP contribution is 2.31. The van der Waals surface area contributed by atoms with E-state index in [0.717, 1.165) is 11.0 Å². The normalized spacial score (nSPS) is 22.3. The van der Waals surface area contributed by atoms with Crippen LogP contribution in [0.3, 0.4) is 0 Å². The van der Waals surface area contributed by atoms with Gasteiger partial charge in [-0.15, -0.1) is 0 Å². The van der Waals surface area contributed by atoms with Crippen LogP contribution in [-0.4, -0.2) is 6.54 Å². The average molecular weight is 319 g/mol. The van der Waals surface area contributed by atoms with Gasteiger partial charge in [0.15, 0.2) is 0 Å². The zero-order chi connectivity index (χ0) is 9.97. The standard InChI is InChI=1S/C11H13Br2N/c12-8-4-5-10(13)9(7-8)11-3-1-2-6-14-11/h4-5,7,11,14H,1-3,6H2/t11-/m1/s1. The number of halogens is 2. The third kappa shape index (κ3) is 2.38. The summed E-state index contributed by atoms with van der Waals surface area (Å²) in [6, 6.07) is 6.90. The van der Waals surface area contributed by atoms with Crippen LogP contribution >= 0.6 is 31.9 Å². The van der Waals surface area contributed by atoms with E-state index in [9.17, 15) is 0 Å². The molecule has 1 N–H and O–H groups in total. The Morgan fingerprint density at radius 1 is 1.21 bits per heavy atom. The maximum Gasteiger partial charge on any atom is 0.0331 e. The highest BCUT2D eigenvalue weighted by atomic mass is 79.9. The van der Waals surface area contributed by atoms with E-state index >= 15 is 0 Å². The van der Waals surface area contributed by atoms with Gasteiger partial charge in [0.2, 0.25) is 0 Å². The molecular formula is C11H13Br2N. The Morgan fingerprint density at radius 2 is 2.07 bits per heavy atom. The molecule has 76 valence electrons. The molecule has 1 heterocycles. The Hall–Kier alpha value is 0.140. The van der Waals surface area contributed by atoms with Crippen LogP contribution in [0.1, 0.15) is 30.9 Å². The molecule has 0 unspecified atom stereocenters. The van der Waals surface area contributed by atoms with Gasteiger partial charge >= 0.3 is 0 Å². The van der Waals surface area contributed by atoms with Gasteiger partial charge < -0.3 is 5.32 Å². The molecule has 0 spiro atoms. The van der Waals surface area contributed by atoms with Crippen molar-refractivity contribution >= 4 is 31.9 Å². The molecule has 1 aliphatic heterocycles. The summed E-state index contributed by atoms with van der Waals surface area (Å²) in [5.41, 5.74) is 1.37. The molecule has 1 fully saturated rings. The van der Waals surface area contributed by atoms with Crippen molar-refractivity contribution in [3.05, 3.63) is 32.7 Å². The highest BCUT2D eigenvalue weighted by Gasteiger charge is 2.16. The SMILES string of the molecule is Brc1ccc(Br)c([C@H]2CCCCN2)c1. The maximum absolute atomic E-state index is 3.61. The van der Waals surface area contributed by atoms with Crippen LogP contribution in [0.5, 0.6) is 0 Å². The van der Waals surface area contributed by atoms with Gasteiger partial charge in [0.1, 0.15) is 0 Å². The molecule has 1 aromatic carbocycles. The summed E-state index contributed by atoms with van der Waals surface area (Å²) in [7, 11) is 0. The van der Waals surface area contributed by atoms with E-state index in [1.165, 1.54) is 29.3 Å². The van der Waals surface area contributed by atoms with Gasteiger partial charge in [-0.3, -0.25) is 0 Å². The minimum absolute atomic E-state index is 0.524. The monoisotopic (exact) mass is 317 g/mol. The Morgan fingerprint density at radius 3 is 2.79 bits per heavy atom.